The zero-order valence-corrected chi connectivity index (χ0v) is 31.1. The van der Waals surface area contributed by atoms with Gasteiger partial charge in [-0.15, -0.1) is 0 Å². The number of allylic oxidation sites excluding steroid dienone is 1. The minimum Gasteiger partial charge on any atom is -0.467 e. The zero-order valence-electron chi connectivity index (χ0n) is 31.1. The monoisotopic (exact) mass is 718 g/mol. The molecule has 3 saturated heterocycles. The Morgan fingerprint density at radius 1 is 0.923 bits per heavy atom. The number of carbonyl (C=O) groups is 3. The van der Waals surface area contributed by atoms with E-state index in [1.165, 1.54) is 14.0 Å². The highest BCUT2D eigenvalue weighted by Gasteiger charge is 2.60. The lowest BCUT2D eigenvalue weighted by Gasteiger charge is -2.36. The highest BCUT2D eigenvalue weighted by Crippen LogP contribution is 2.44. The summed E-state index contributed by atoms with van der Waals surface area (Å²) in [5.74, 6) is -2.27. The molecule has 3 aliphatic rings. The smallest absolute Gasteiger partial charge is 0.328 e. The summed E-state index contributed by atoms with van der Waals surface area (Å²) in [6.45, 7) is 12.7. The summed E-state index contributed by atoms with van der Waals surface area (Å²) in [6, 6.07) is 11.7. The Labute approximate surface area is 304 Å². The average molecular weight is 719 g/mol. The van der Waals surface area contributed by atoms with E-state index in [1.54, 1.807) is 6.20 Å². The molecule has 3 unspecified atom stereocenters. The van der Waals surface area contributed by atoms with Crippen molar-refractivity contribution in [1.82, 2.24) is 20.2 Å². The Morgan fingerprint density at radius 2 is 1.62 bits per heavy atom. The number of fused-ring (bicyclic) bond motifs is 4. The fraction of sp³-hybridized carbons (Fsp3) is 0.538. The molecule has 3 aliphatic heterocycles. The Balaban J connectivity index is 1.37. The molecule has 1 aromatic carbocycles. The fourth-order valence-corrected chi connectivity index (χ4v) is 7.42. The van der Waals surface area contributed by atoms with Crippen molar-refractivity contribution in [3.63, 3.8) is 0 Å². The van der Waals surface area contributed by atoms with Crippen LogP contribution in [0.3, 0.4) is 0 Å². The predicted octanol–water partition coefficient (Wildman–Crippen LogP) is 4.27. The molecule has 5 heterocycles. The maximum absolute atomic E-state index is 13.9. The number of hydrogen-bond donors (Lipinski definition) is 2. The van der Waals surface area contributed by atoms with E-state index in [9.17, 15) is 14.4 Å². The molecule has 0 aliphatic carbocycles. The summed E-state index contributed by atoms with van der Waals surface area (Å²) in [5, 5.41) is 6.57. The van der Waals surface area contributed by atoms with Gasteiger partial charge in [-0.3, -0.25) is 14.2 Å². The minimum atomic E-state index is -0.990. The van der Waals surface area contributed by atoms with Crippen molar-refractivity contribution >= 4 is 28.7 Å². The number of pyridine rings is 1. The Kier molecular flexibility index (Phi) is 10.9. The summed E-state index contributed by atoms with van der Waals surface area (Å²) in [5.41, 5.74) is 2.59. The lowest BCUT2D eigenvalue weighted by atomic mass is 9.97. The van der Waals surface area contributed by atoms with Gasteiger partial charge in [-0.2, -0.15) is 0 Å². The second kappa shape index (κ2) is 15.1. The number of benzene rings is 1. The molecule has 13 heteroatoms. The van der Waals surface area contributed by atoms with Crippen molar-refractivity contribution in [1.29, 1.82) is 0 Å². The van der Waals surface area contributed by atoms with Crippen molar-refractivity contribution in [2.75, 3.05) is 7.11 Å². The number of aromatic nitrogens is 2. The van der Waals surface area contributed by atoms with Crippen molar-refractivity contribution in [3.05, 3.63) is 72.1 Å². The van der Waals surface area contributed by atoms with Crippen LogP contribution in [-0.4, -0.2) is 88.8 Å². The fourth-order valence-electron chi connectivity index (χ4n) is 7.42. The number of methoxy groups -OCH3 is 1. The van der Waals surface area contributed by atoms with Crippen LogP contribution in [0.25, 0.3) is 16.7 Å². The quantitative estimate of drug-likeness (QED) is 0.206. The third-order valence-electron chi connectivity index (χ3n) is 9.41. The highest BCUT2D eigenvalue weighted by molar-refractivity contribution is 5.92. The summed E-state index contributed by atoms with van der Waals surface area (Å²) in [4.78, 5) is 43.7. The topological polar surface area (TPSA) is 148 Å². The lowest BCUT2D eigenvalue weighted by Crippen LogP contribution is -2.54. The van der Waals surface area contributed by atoms with Gasteiger partial charge in [0, 0.05) is 37.0 Å². The molecule has 2 aromatic heterocycles. The van der Waals surface area contributed by atoms with Crippen molar-refractivity contribution in [2.45, 2.75) is 122 Å². The van der Waals surface area contributed by atoms with Crippen molar-refractivity contribution < 1.29 is 42.8 Å². The van der Waals surface area contributed by atoms with Gasteiger partial charge in [-0.1, -0.05) is 50.3 Å². The molecular formula is C39H50N4O9. The van der Waals surface area contributed by atoms with E-state index in [0.717, 1.165) is 22.2 Å². The van der Waals surface area contributed by atoms with Crippen molar-refractivity contribution in [2.24, 2.45) is 5.92 Å². The first-order chi connectivity index (χ1) is 24.7. The second-order valence-electron chi connectivity index (χ2n) is 14.9. The van der Waals surface area contributed by atoms with Crippen molar-refractivity contribution in [3.8, 4) is 5.82 Å². The van der Waals surface area contributed by atoms with Gasteiger partial charge in [-0.25, -0.2) is 9.78 Å². The molecule has 2 N–H and O–H groups in total. The molecule has 3 aromatic rings. The Hall–Kier alpha value is -4.14. The van der Waals surface area contributed by atoms with E-state index in [1.807, 2.05) is 96.2 Å². The van der Waals surface area contributed by atoms with E-state index < -0.39 is 66.2 Å². The number of nitrogens with one attached hydrogen (secondary N) is 2. The number of ether oxygens (including phenoxy) is 6. The summed E-state index contributed by atoms with van der Waals surface area (Å²) >= 11 is 0. The standard InChI is InChI=1S/C39H50N4O9/c1-22(2)20-27(36(46)47-8)42-35(45)26(41-23(3)44)21-25-24-14-9-10-15-28(24)43(31-18-11-12-19-40-31)29(25)16-13-17-30-32-33(50-38(4,5)49-32)34-37(48-30)52-39(6,7)51-34/h9-15,17-19,22,26-27,30,32-34,37H,16,20-21H2,1-8H3,(H,41,44)(H,42,45)/b17-13+/t26-,27-,30?,32-,33?,34?,37+/m0/s1. The van der Waals surface area contributed by atoms with Crippen LogP contribution in [0.15, 0.2) is 60.8 Å². The molecule has 280 valence electrons. The highest BCUT2D eigenvalue weighted by atomic mass is 16.9. The molecule has 13 nitrogen and oxygen atoms in total. The van der Waals surface area contributed by atoms with Crippen LogP contribution in [-0.2, 0) is 55.6 Å². The number of esters is 1. The normalized spacial score (nSPS) is 25.8. The third-order valence-corrected chi connectivity index (χ3v) is 9.41. The van der Waals surface area contributed by atoms with Gasteiger partial charge in [0.25, 0.3) is 0 Å². The summed E-state index contributed by atoms with van der Waals surface area (Å²) in [6.07, 6.45) is 4.21. The number of nitrogens with zero attached hydrogens (tertiary/aromatic N) is 2. The first-order valence-corrected chi connectivity index (χ1v) is 17.9. The molecule has 7 atom stereocenters. The van der Waals surface area contributed by atoms with Crippen LogP contribution in [0.1, 0.15) is 66.1 Å². The largest absolute Gasteiger partial charge is 0.467 e. The van der Waals surface area contributed by atoms with Gasteiger partial charge >= 0.3 is 5.97 Å². The Bertz CT molecular complexity index is 1800. The maximum Gasteiger partial charge on any atom is 0.328 e. The second-order valence-corrected chi connectivity index (χ2v) is 14.9. The lowest BCUT2D eigenvalue weighted by molar-refractivity contribution is -0.222. The van der Waals surface area contributed by atoms with Crippen LogP contribution in [0.4, 0.5) is 0 Å². The molecule has 0 radical (unpaired) electrons. The van der Waals surface area contributed by atoms with Gasteiger partial charge in [-0.05, 0) is 63.8 Å². The molecule has 0 bridgehead atoms. The van der Waals surface area contributed by atoms with Gasteiger partial charge < -0.3 is 39.1 Å². The van der Waals surface area contributed by atoms with Crippen LogP contribution in [0.5, 0.6) is 0 Å². The SMILES string of the molecule is COC(=O)[C@H](CC(C)C)NC(=O)[C@H](Cc1c(C/C=C/C2O[C@@H]3OC(C)(C)OC3C3OC(C)(C)O[C@@H]23)n(-c2ccccn2)c2ccccc12)NC(C)=O. The number of rotatable bonds is 12. The van der Waals surface area contributed by atoms with Crippen LogP contribution < -0.4 is 10.6 Å². The van der Waals surface area contributed by atoms with Gasteiger partial charge in [0.05, 0.1) is 12.6 Å². The zero-order chi connectivity index (χ0) is 37.4. The van der Waals surface area contributed by atoms with E-state index in [4.69, 9.17) is 28.4 Å². The van der Waals surface area contributed by atoms with Gasteiger partial charge in [0.15, 0.2) is 17.9 Å². The van der Waals surface area contributed by atoms with E-state index in [-0.39, 0.29) is 18.2 Å². The van der Waals surface area contributed by atoms with Crippen LogP contribution in [0.2, 0.25) is 0 Å². The van der Waals surface area contributed by atoms with Crippen LogP contribution >= 0.6 is 0 Å². The Morgan fingerprint density at radius 3 is 2.31 bits per heavy atom. The molecule has 2 amide bonds. The van der Waals surface area contributed by atoms with Gasteiger partial charge in [0.2, 0.25) is 11.8 Å². The van der Waals surface area contributed by atoms with Crippen LogP contribution in [0, 0.1) is 5.92 Å². The summed E-state index contributed by atoms with van der Waals surface area (Å²) < 4.78 is 38.4. The first kappa shape index (κ1) is 37.6. The maximum atomic E-state index is 13.9. The number of carbonyl (C=O) groups excluding carboxylic acids is 3. The number of para-hydroxylation sites is 1. The molecule has 0 spiro atoms. The summed E-state index contributed by atoms with van der Waals surface area (Å²) in [7, 11) is 1.29. The number of amides is 2. The molecule has 6 rings (SSSR count). The van der Waals surface area contributed by atoms with E-state index in [0.29, 0.717) is 18.7 Å². The molecule has 0 saturated carbocycles. The van der Waals surface area contributed by atoms with Gasteiger partial charge in [0.1, 0.15) is 42.3 Å². The first-order valence-electron chi connectivity index (χ1n) is 17.9. The third kappa shape index (κ3) is 8.08. The average Bonchev–Trinajstić information content (AvgIpc) is 3.70. The van der Waals surface area contributed by atoms with E-state index >= 15 is 0 Å². The molecule has 52 heavy (non-hydrogen) atoms. The number of hydrogen-bond acceptors (Lipinski definition) is 10. The van der Waals surface area contributed by atoms with E-state index in [2.05, 4.69) is 20.2 Å². The minimum absolute atomic E-state index is 0.110. The predicted molar refractivity (Wildman–Crippen MR) is 191 cm³/mol. The molecule has 3 fully saturated rings. The molecular weight excluding hydrogens is 668 g/mol.